The molecule has 0 aromatic heterocycles. The van der Waals surface area contributed by atoms with Crippen molar-refractivity contribution in [2.45, 2.75) is 0 Å². The molecule has 1 atom stereocenters. The number of hydrogen-bond donors (Lipinski definition) is 3. The van der Waals surface area contributed by atoms with Crippen LogP contribution in [0.15, 0.2) is 0 Å². The molecule has 11 heavy (non-hydrogen) atoms. The third kappa shape index (κ3) is 1590000. The largest absolute Gasteiger partial charge is 0.323 e. The Hall–Kier alpha value is -0.0200. The Morgan fingerprint density at radius 1 is 0.636 bits per heavy atom. The number of hydrogen-bond acceptors (Lipinski definition) is 4. The smallest absolute Gasteiger partial charge is 0.310 e. The van der Waals surface area contributed by atoms with Gasteiger partial charge in [0.05, 0.1) is 0 Å². The molecule has 0 bridgehead atoms. The zero-order valence-electron chi connectivity index (χ0n) is 8.49. The Bertz CT molecular complexity index is 29.0. The molecule has 0 aromatic carbocycles. The molecular weight excluding hydrogens is 161 g/mol. The molecule has 0 rings (SSSR count). The van der Waals surface area contributed by atoms with Crippen LogP contribution in [0, 0.1) is 0 Å². The maximum atomic E-state index is 8.17. The molecule has 0 aromatic rings. The fraction of sp³-hybridized carbons (Fsp3) is 1.00. The molecule has 0 aliphatic rings. The van der Waals surface area contributed by atoms with Crippen LogP contribution in [0.5, 0.6) is 0 Å². The van der Waals surface area contributed by atoms with Crippen LogP contribution in [0.2, 0.25) is 0 Å². The highest BCUT2D eigenvalue weighted by atomic mass is 31.0. The number of nitrogens with one attached hydrogen (secondary N) is 3. The molecule has 0 saturated heterocycles. The minimum absolute atomic E-state index is 1.17. The van der Waals surface area contributed by atoms with Crippen molar-refractivity contribution in [2.75, 3.05) is 42.3 Å². The summed E-state index contributed by atoms with van der Waals surface area (Å²) in [6.45, 7) is 0. The van der Waals surface area contributed by atoms with Gasteiger partial charge in [-0.2, -0.15) is 0 Å². The standard InChI is InChI=1S/3C2H7N.H2OP/c3*1-3-2;1-2/h3*3H,1-2H3;2H2/q;;;+1. The summed E-state index contributed by atoms with van der Waals surface area (Å²) in [6, 6.07) is 0. The highest BCUT2D eigenvalue weighted by molar-refractivity contribution is 7.00. The molecule has 1 unspecified atom stereocenters. The van der Waals surface area contributed by atoms with E-state index in [9.17, 15) is 0 Å². The maximum Gasteiger partial charge on any atom is 0.310 e. The van der Waals surface area contributed by atoms with Gasteiger partial charge in [-0.1, -0.05) is 4.57 Å². The monoisotopic (exact) mass is 184 g/mol. The minimum atomic E-state index is 1.17. The lowest BCUT2D eigenvalue weighted by Crippen LogP contribution is -1.89. The molecule has 0 radical (unpaired) electrons. The highest BCUT2D eigenvalue weighted by Crippen LogP contribution is 1.23. The van der Waals surface area contributed by atoms with Crippen LogP contribution >= 0.6 is 9.12 Å². The Balaban J connectivity index is -0.0000000301. The Morgan fingerprint density at radius 2 is 0.636 bits per heavy atom. The first-order valence-electron chi connectivity index (χ1n) is 3.24. The Labute approximate surface area is 72.8 Å². The van der Waals surface area contributed by atoms with Gasteiger partial charge in [0.1, 0.15) is 0 Å². The second-order valence-corrected chi connectivity index (χ2v) is 1.50. The average molecular weight is 184 g/mol. The molecule has 4 nitrogen and oxygen atoms in total. The number of rotatable bonds is 0. The molecule has 72 valence electrons. The lowest BCUT2D eigenvalue weighted by molar-refractivity contribution is 0.607. The summed E-state index contributed by atoms with van der Waals surface area (Å²) in [5, 5.41) is 8.25. The topological polar surface area (TPSA) is 53.2 Å². The van der Waals surface area contributed by atoms with E-state index in [-0.39, 0.29) is 0 Å². The summed E-state index contributed by atoms with van der Waals surface area (Å²) in [7, 11) is 12.4. The minimum Gasteiger partial charge on any atom is -0.323 e. The van der Waals surface area contributed by atoms with E-state index in [0.717, 1.165) is 0 Å². The summed E-state index contributed by atoms with van der Waals surface area (Å²) in [5.41, 5.74) is 0. The van der Waals surface area contributed by atoms with Crippen LogP contribution in [0.25, 0.3) is 0 Å². The van der Waals surface area contributed by atoms with Crippen molar-refractivity contribution in [3.63, 3.8) is 0 Å². The second-order valence-electron chi connectivity index (χ2n) is 1.50. The first kappa shape index (κ1) is 22.4. The molecule has 0 spiro atoms. The molecule has 0 saturated carbocycles. The van der Waals surface area contributed by atoms with Gasteiger partial charge in [0, 0.05) is 0 Å². The Morgan fingerprint density at radius 3 is 0.636 bits per heavy atom. The van der Waals surface area contributed by atoms with Gasteiger partial charge in [-0.25, -0.2) is 0 Å². The normalized spacial score (nSPS) is 5.27. The third-order valence-corrected chi connectivity index (χ3v) is 0. The summed E-state index contributed by atoms with van der Waals surface area (Å²) in [6.07, 6.45) is 0. The predicted octanol–water partition coefficient (Wildman–Crippen LogP) is -0.286. The predicted molar refractivity (Wildman–Crippen MR) is 55.3 cm³/mol. The fourth-order valence-corrected chi connectivity index (χ4v) is 0. The lowest BCUT2D eigenvalue weighted by atomic mass is 11.3. The van der Waals surface area contributed by atoms with Crippen molar-refractivity contribution in [3.8, 4) is 0 Å². The van der Waals surface area contributed by atoms with Crippen molar-refractivity contribution >= 4 is 9.12 Å². The van der Waals surface area contributed by atoms with E-state index < -0.39 is 0 Å². The third-order valence-electron chi connectivity index (χ3n) is 0. The van der Waals surface area contributed by atoms with Gasteiger partial charge < -0.3 is 16.0 Å². The average Bonchev–Trinajstić information content (AvgIpc) is 1.96. The van der Waals surface area contributed by atoms with Crippen LogP contribution in [0.1, 0.15) is 0 Å². The highest BCUT2D eigenvalue weighted by Gasteiger charge is 1.26. The zero-order valence-corrected chi connectivity index (χ0v) is 9.64. The van der Waals surface area contributed by atoms with Gasteiger partial charge in [0.25, 0.3) is 0 Å². The van der Waals surface area contributed by atoms with E-state index >= 15 is 0 Å². The van der Waals surface area contributed by atoms with Crippen molar-refractivity contribution in [1.82, 2.24) is 16.0 Å². The molecule has 0 amide bonds. The van der Waals surface area contributed by atoms with E-state index in [2.05, 4.69) is 16.0 Å². The van der Waals surface area contributed by atoms with Crippen molar-refractivity contribution in [2.24, 2.45) is 0 Å². The first-order valence-corrected chi connectivity index (χ1v) is 3.71. The van der Waals surface area contributed by atoms with Gasteiger partial charge >= 0.3 is 9.12 Å². The first-order chi connectivity index (χ1) is 5.24. The fourth-order valence-electron chi connectivity index (χ4n) is 0. The summed E-state index contributed by atoms with van der Waals surface area (Å²) < 4.78 is 8.17. The summed E-state index contributed by atoms with van der Waals surface area (Å²) >= 11 is 0. The van der Waals surface area contributed by atoms with Gasteiger partial charge in [0.15, 0.2) is 0 Å². The molecule has 0 fully saturated rings. The van der Waals surface area contributed by atoms with Crippen LogP contribution in [0.4, 0.5) is 0 Å². The van der Waals surface area contributed by atoms with Crippen molar-refractivity contribution in [1.29, 1.82) is 0 Å². The van der Waals surface area contributed by atoms with Crippen LogP contribution in [-0.2, 0) is 4.57 Å². The molecule has 0 aliphatic carbocycles. The summed E-state index contributed by atoms with van der Waals surface area (Å²) in [5.74, 6) is 0. The molecule has 5 heteroatoms. The second kappa shape index (κ2) is 90.6. The maximum absolute atomic E-state index is 8.17. The summed E-state index contributed by atoms with van der Waals surface area (Å²) in [4.78, 5) is 0. The molecule has 0 aliphatic heterocycles. The van der Waals surface area contributed by atoms with E-state index in [1.54, 1.807) is 0 Å². The van der Waals surface area contributed by atoms with Gasteiger partial charge in [-0.05, 0) is 42.3 Å². The van der Waals surface area contributed by atoms with E-state index in [4.69, 9.17) is 4.57 Å². The molecule has 3 N–H and O–H groups in total. The van der Waals surface area contributed by atoms with Gasteiger partial charge in [0.2, 0.25) is 0 Å². The Kier molecular flexibility index (Phi) is 185. The van der Waals surface area contributed by atoms with E-state index in [1.165, 1.54) is 9.12 Å². The van der Waals surface area contributed by atoms with Crippen LogP contribution in [0.3, 0.4) is 0 Å². The SMILES string of the molecule is CNC.CNC.CNC.O=[PH2+]. The quantitative estimate of drug-likeness (QED) is 0.453. The lowest BCUT2D eigenvalue weighted by Gasteiger charge is -1.59. The van der Waals surface area contributed by atoms with Crippen LogP contribution < -0.4 is 16.0 Å². The molecule has 0 heterocycles. The van der Waals surface area contributed by atoms with Crippen molar-refractivity contribution < 1.29 is 4.57 Å². The van der Waals surface area contributed by atoms with E-state index in [1.807, 2.05) is 42.3 Å². The van der Waals surface area contributed by atoms with Crippen LogP contribution in [-0.4, -0.2) is 42.3 Å². The van der Waals surface area contributed by atoms with E-state index in [0.29, 0.717) is 0 Å². The zero-order chi connectivity index (χ0) is 10.1. The van der Waals surface area contributed by atoms with Gasteiger partial charge in [-0.3, -0.25) is 0 Å². The van der Waals surface area contributed by atoms with Crippen molar-refractivity contribution in [3.05, 3.63) is 0 Å². The van der Waals surface area contributed by atoms with Gasteiger partial charge in [-0.15, -0.1) is 0 Å². The molecular formula is C6H23N3OP+.